The van der Waals surface area contributed by atoms with Gasteiger partial charge in [0.2, 0.25) is 0 Å². The number of hydrogen-bond acceptors (Lipinski definition) is 4. The van der Waals surface area contributed by atoms with Crippen molar-refractivity contribution in [3.05, 3.63) is 65.0 Å². The average molecular weight is 366 g/mol. The molecule has 27 heavy (non-hydrogen) atoms. The number of aromatic nitrogens is 5. The lowest BCUT2D eigenvalue weighted by Gasteiger charge is -2.15. The summed E-state index contributed by atoms with van der Waals surface area (Å²) in [7, 11) is 0. The Hall–Kier alpha value is -2.96. The largest absolute Gasteiger partial charge is 0.342 e. The zero-order chi connectivity index (χ0) is 19.4. The highest BCUT2D eigenvalue weighted by Gasteiger charge is 2.16. The molecule has 3 aromatic rings. The molecular weight excluding hydrogens is 340 g/mol. The fourth-order valence-corrected chi connectivity index (χ4v) is 3.16. The van der Waals surface area contributed by atoms with Crippen LogP contribution in [0.25, 0.3) is 0 Å². The molecule has 0 spiro atoms. The third-order valence-corrected chi connectivity index (χ3v) is 4.44. The van der Waals surface area contributed by atoms with Gasteiger partial charge in [-0.2, -0.15) is 10.2 Å². The van der Waals surface area contributed by atoms with Crippen molar-refractivity contribution in [1.29, 1.82) is 0 Å². The molecule has 1 aromatic carbocycles. The summed E-state index contributed by atoms with van der Waals surface area (Å²) in [4.78, 5) is 17.0. The average Bonchev–Trinajstić information content (AvgIpc) is 3.22. The van der Waals surface area contributed by atoms with Crippen molar-refractivity contribution >= 4 is 5.91 Å². The van der Waals surface area contributed by atoms with E-state index in [0.717, 1.165) is 35.7 Å². The van der Waals surface area contributed by atoms with Crippen molar-refractivity contribution in [1.82, 2.24) is 29.9 Å². The van der Waals surface area contributed by atoms with Crippen LogP contribution in [0, 0.1) is 13.8 Å². The first-order valence-corrected chi connectivity index (χ1v) is 9.26. The number of benzene rings is 1. The molecular formula is C20H26N6O. The smallest absolute Gasteiger partial charge is 0.251 e. The maximum atomic E-state index is 12.7. The first-order chi connectivity index (χ1) is 13.0. The number of carbonyl (C=O) groups is 1. The maximum Gasteiger partial charge on any atom is 0.251 e. The lowest BCUT2D eigenvalue weighted by atomic mass is 10.1. The van der Waals surface area contributed by atoms with Gasteiger partial charge in [-0.3, -0.25) is 9.48 Å². The molecule has 7 heteroatoms. The fourth-order valence-electron chi connectivity index (χ4n) is 3.16. The number of aryl methyl sites for hydroxylation is 3. The Bertz CT molecular complexity index is 926. The van der Waals surface area contributed by atoms with E-state index in [1.54, 1.807) is 0 Å². The normalized spacial score (nSPS) is 12.1. The third-order valence-electron chi connectivity index (χ3n) is 4.44. The van der Waals surface area contributed by atoms with Gasteiger partial charge >= 0.3 is 0 Å². The first-order valence-electron chi connectivity index (χ1n) is 9.26. The van der Waals surface area contributed by atoms with E-state index < -0.39 is 0 Å². The molecule has 0 bridgehead atoms. The Morgan fingerprint density at radius 1 is 1.22 bits per heavy atom. The van der Waals surface area contributed by atoms with Gasteiger partial charge in [-0.15, -0.1) is 0 Å². The van der Waals surface area contributed by atoms with Gasteiger partial charge in [0.1, 0.15) is 12.2 Å². The molecule has 1 amide bonds. The second-order valence-corrected chi connectivity index (χ2v) is 6.82. The van der Waals surface area contributed by atoms with Gasteiger partial charge in [0.25, 0.3) is 5.91 Å². The van der Waals surface area contributed by atoms with Crippen LogP contribution in [0.4, 0.5) is 0 Å². The van der Waals surface area contributed by atoms with Crippen LogP contribution in [0.2, 0.25) is 0 Å². The van der Waals surface area contributed by atoms with Gasteiger partial charge in [-0.05, 0) is 51.0 Å². The van der Waals surface area contributed by atoms with Crippen LogP contribution in [0.15, 0.2) is 36.7 Å². The highest BCUT2D eigenvalue weighted by Crippen LogP contribution is 2.13. The lowest BCUT2D eigenvalue weighted by molar-refractivity contribution is 0.0937. The highest BCUT2D eigenvalue weighted by atomic mass is 16.1. The predicted octanol–water partition coefficient (Wildman–Crippen LogP) is 3.04. The lowest BCUT2D eigenvalue weighted by Crippen LogP contribution is -2.29. The molecule has 2 heterocycles. The summed E-state index contributed by atoms with van der Waals surface area (Å²) < 4.78 is 3.78. The summed E-state index contributed by atoms with van der Waals surface area (Å²) in [5.74, 6) is 0.646. The van der Waals surface area contributed by atoms with Crippen LogP contribution in [-0.4, -0.2) is 30.5 Å². The summed E-state index contributed by atoms with van der Waals surface area (Å²) in [6.07, 6.45) is 2.49. The monoisotopic (exact) mass is 366 g/mol. The molecule has 2 aromatic heterocycles. The molecule has 142 valence electrons. The SMILES string of the molecule is CCCn1ncnc1[C@H](C)NC(=O)c1cccc(Cn2nc(C)cc2C)c1. The van der Waals surface area contributed by atoms with Gasteiger partial charge in [0, 0.05) is 17.8 Å². The third kappa shape index (κ3) is 4.42. The standard InChI is InChI=1S/C20H26N6O/c1-5-9-25-19(21-13-22-25)16(4)23-20(27)18-8-6-7-17(11-18)12-26-15(3)10-14(2)24-26/h6-8,10-11,13,16H,5,9,12H2,1-4H3,(H,23,27)/t16-/m0/s1. The minimum absolute atomic E-state index is 0.122. The second kappa shape index (κ2) is 8.16. The minimum Gasteiger partial charge on any atom is -0.342 e. The predicted molar refractivity (Wildman–Crippen MR) is 103 cm³/mol. The van der Waals surface area contributed by atoms with Crippen molar-refractivity contribution < 1.29 is 4.79 Å². The van der Waals surface area contributed by atoms with E-state index in [1.807, 2.05) is 60.5 Å². The highest BCUT2D eigenvalue weighted by molar-refractivity contribution is 5.94. The van der Waals surface area contributed by atoms with E-state index in [1.165, 1.54) is 6.33 Å². The van der Waals surface area contributed by atoms with E-state index in [9.17, 15) is 4.79 Å². The van der Waals surface area contributed by atoms with Crippen LogP contribution in [-0.2, 0) is 13.1 Å². The Morgan fingerprint density at radius 3 is 2.74 bits per heavy atom. The van der Waals surface area contributed by atoms with Gasteiger partial charge in [-0.25, -0.2) is 9.67 Å². The van der Waals surface area contributed by atoms with Crippen molar-refractivity contribution in [3.8, 4) is 0 Å². The summed E-state index contributed by atoms with van der Waals surface area (Å²) in [6, 6.07) is 9.48. The Balaban J connectivity index is 1.71. The molecule has 0 saturated heterocycles. The summed E-state index contributed by atoms with van der Waals surface area (Å²) in [5.41, 5.74) is 3.76. The van der Waals surface area contributed by atoms with Gasteiger partial charge in [0.05, 0.1) is 18.3 Å². The van der Waals surface area contributed by atoms with Crippen molar-refractivity contribution in [3.63, 3.8) is 0 Å². The van der Waals surface area contributed by atoms with Gasteiger partial charge < -0.3 is 5.32 Å². The minimum atomic E-state index is -0.216. The van der Waals surface area contributed by atoms with E-state index in [0.29, 0.717) is 12.1 Å². The number of nitrogens with zero attached hydrogens (tertiary/aromatic N) is 5. The summed E-state index contributed by atoms with van der Waals surface area (Å²) in [6.45, 7) is 9.45. The molecule has 0 fully saturated rings. The van der Waals surface area contributed by atoms with Gasteiger partial charge in [0.15, 0.2) is 0 Å². The molecule has 7 nitrogen and oxygen atoms in total. The van der Waals surface area contributed by atoms with Crippen LogP contribution in [0.5, 0.6) is 0 Å². The fraction of sp³-hybridized carbons (Fsp3) is 0.400. The first kappa shape index (κ1) is 18.8. The molecule has 0 radical (unpaired) electrons. The molecule has 0 aliphatic heterocycles. The van der Waals surface area contributed by atoms with E-state index >= 15 is 0 Å². The Morgan fingerprint density at radius 2 is 2.04 bits per heavy atom. The zero-order valence-electron chi connectivity index (χ0n) is 16.3. The zero-order valence-corrected chi connectivity index (χ0v) is 16.3. The number of carbonyl (C=O) groups excluding carboxylic acids is 1. The molecule has 3 rings (SSSR count). The van der Waals surface area contributed by atoms with Crippen molar-refractivity contribution in [2.45, 2.75) is 53.2 Å². The molecule has 0 saturated carbocycles. The van der Waals surface area contributed by atoms with Crippen molar-refractivity contribution in [2.24, 2.45) is 0 Å². The topological polar surface area (TPSA) is 77.6 Å². The van der Waals surface area contributed by atoms with Crippen LogP contribution in [0.3, 0.4) is 0 Å². The number of nitrogens with one attached hydrogen (secondary N) is 1. The molecule has 0 aliphatic rings. The molecule has 0 unspecified atom stereocenters. The molecule has 1 atom stereocenters. The summed E-state index contributed by atoms with van der Waals surface area (Å²) in [5, 5.41) is 11.7. The van der Waals surface area contributed by atoms with Crippen LogP contribution >= 0.6 is 0 Å². The van der Waals surface area contributed by atoms with E-state index in [-0.39, 0.29) is 11.9 Å². The maximum absolute atomic E-state index is 12.7. The Kier molecular flexibility index (Phi) is 5.69. The van der Waals surface area contributed by atoms with Crippen LogP contribution < -0.4 is 5.32 Å². The number of rotatable bonds is 7. The summed E-state index contributed by atoms with van der Waals surface area (Å²) >= 11 is 0. The van der Waals surface area contributed by atoms with Crippen molar-refractivity contribution in [2.75, 3.05) is 0 Å². The van der Waals surface area contributed by atoms with E-state index in [4.69, 9.17) is 0 Å². The van der Waals surface area contributed by atoms with Gasteiger partial charge in [-0.1, -0.05) is 19.1 Å². The van der Waals surface area contributed by atoms with E-state index in [2.05, 4.69) is 27.4 Å². The quantitative estimate of drug-likeness (QED) is 0.697. The number of hydrogen-bond donors (Lipinski definition) is 1. The second-order valence-electron chi connectivity index (χ2n) is 6.82. The number of amides is 1. The van der Waals surface area contributed by atoms with Crippen LogP contribution in [0.1, 0.15) is 59.4 Å². The Labute approximate surface area is 159 Å². The molecule has 1 N–H and O–H groups in total. The molecule has 0 aliphatic carbocycles.